The molecular formula is C26H27N3O4S. The van der Waals surface area contributed by atoms with Gasteiger partial charge in [-0.3, -0.25) is 14.4 Å². The van der Waals surface area contributed by atoms with Gasteiger partial charge in [-0.1, -0.05) is 37.7 Å². The van der Waals surface area contributed by atoms with Crippen molar-refractivity contribution in [3.63, 3.8) is 0 Å². The number of furan rings is 1. The van der Waals surface area contributed by atoms with Crippen molar-refractivity contribution in [3.05, 3.63) is 72.2 Å². The number of nitrogens with one attached hydrogen (secondary N) is 2. The Kier molecular flexibility index (Phi) is 6.79. The SMILES string of the molecule is CC(C)[C@@H](NC(=O)c1ccco1)C(=O)Nc1ccc2c(c1)Sc1ccccc1C(=O)N2C(C)C. The zero-order valence-electron chi connectivity index (χ0n) is 19.5. The molecule has 0 saturated heterocycles. The molecule has 0 bridgehead atoms. The van der Waals surface area contributed by atoms with E-state index in [1.807, 2.05) is 64.1 Å². The van der Waals surface area contributed by atoms with Crippen molar-refractivity contribution in [1.82, 2.24) is 5.32 Å². The molecule has 7 nitrogen and oxygen atoms in total. The number of hydrogen-bond acceptors (Lipinski definition) is 5. The van der Waals surface area contributed by atoms with Gasteiger partial charge in [0.25, 0.3) is 11.8 Å². The van der Waals surface area contributed by atoms with Crippen LogP contribution in [0.1, 0.15) is 48.6 Å². The number of anilines is 2. The van der Waals surface area contributed by atoms with Crippen LogP contribution < -0.4 is 15.5 Å². The Morgan fingerprint density at radius 2 is 1.74 bits per heavy atom. The number of amides is 3. The number of fused-ring (bicyclic) bond motifs is 2. The third-order valence-corrected chi connectivity index (χ3v) is 6.66. The van der Waals surface area contributed by atoms with E-state index in [-0.39, 0.29) is 29.5 Å². The summed E-state index contributed by atoms with van der Waals surface area (Å²) in [6, 6.07) is 15.4. The van der Waals surface area contributed by atoms with Crippen LogP contribution in [0.4, 0.5) is 11.4 Å². The lowest BCUT2D eigenvalue weighted by molar-refractivity contribution is -0.118. The van der Waals surface area contributed by atoms with Gasteiger partial charge in [0.15, 0.2) is 5.76 Å². The first-order valence-corrected chi connectivity index (χ1v) is 12.0. The fourth-order valence-electron chi connectivity index (χ4n) is 3.85. The molecule has 0 aliphatic carbocycles. The van der Waals surface area contributed by atoms with Crippen LogP contribution in [-0.4, -0.2) is 29.8 Å². The molecule has 0 radical (unpaired) electrons. The number of nitrogens with zero attached hydrogens (tertiary/aromatic N) is 1. The van der Waals surface area contributed by atoms with Crippen molar-refractivity contribution in [2.75, 3.05) is 10.2 Å². The van der Waals surface area contributed by atoms with E-state index in [4.69, 9.17) is 4.42 Å². The van der Waals surface area contributed by atoms with E-state index in [1.54, 1.807) is 23.1 Å². The van der Waals surface area contributed by atoms with Gasteiger partial charge in [-0.25, -0.2) is 0 Å². The Morgan fingerprint density at radius 1 is 0.971 bits per heavy atom. The van der Waals surface area contributed by atoms with E-state index in [1.165, 1.54) is 18.0 Å². The van der Waals surface area contributed by atoms with Crippen molar-refractivity contribution in [2.45, 2.75) is 49.6 Å². The first-order chi connectivity index (χ1) is 16.3. The van der Waals surface area contributed by atoms with Crippen LogP contribution in [0.15, 0.2) is 75.1 Å². The maximum atomic E-state index is 13.3. The van der Waals surface area contributed by atoms with Gasteiger partial charge >= 0.3 is 0 Å². The third-order valence-electron chi connectivity index (χ3n) is 5.54. The molecule has 1 aliphatic rings. The molecule has 1 aromatic heterocycles. The molecule has 2 heterocycles. The minimum absolute atomic E-state index is 0.0411. The third kappa shape index (κ3) is 4.72. The van der Waals surface area contributed by atoms with E-state index >= 15 is 0 Å². The second-order valence-corrected chi connectivity index (χ2v) is 9.80. The molecule has 34 heavy (non-hydrogen) atoms. The number of carbonyl (C=O) groups excluding carboxylic acids is 3. The average Bonchev–Trinajstić information content (AvgIpc) is 3.30. The number of carbonyl (C=O) groups is 3. The largest absolute Gasteiger partial charge is 0.459 e. The summed E-state index contributed by atoms with van der Waals surface area (Å²) < 4.78 is 5.14. The lowest BCUT2D eigenvalue weighted by Crippen LogP contribution is -2.47. The van der Waals surface area contributed by atoms with Crippen molar-refractivity contribution in [3.8, 4) is 0 Å². The molecule has 4 rings (SSSR count). The molecule has 3 amide bonds. The Labute approximate surface area is 202 Å². The number of benzene rings is 2. The van der Waals surface area contributed by atoms with Gasteiger partial charge in [-0.2, -0.15) is 0 Å². The minimum atomic E-state index is -0.751. The summed E-state index contributed by atoms with van der Waals surface area (Å²) in [7, 11) is 0. The van der Waals surface area contributed by atoms with Crippen molar-refractivity contribution in [1.29, 1.82) is 0 Å². The fourth-order valence-corrected chi connectivity index (χ4v) is 4.96. The van der Waals surface area contributed by atoms with Gasteiger partial charge < -0.3 is 20.0 Å². The van der Waals surface area contributed by atoms with Gasteiger partial charge in [-0.15, -0.1) is 0 Å². The van der Waals surface area contributed by atoms with Crippen LogP contribution in [0.2, 0.25) is 0 Å². The van der Waals surface area contributed by atoms with Crippen molar-refractivity contribution < 1.29 is 18.8 Å². The van der Waals surface area contributed by atoms with Crippen LogP contribution in [0.25, 0.3) is 0 Å². The zero-order chi connectivity index (χ0) is 24.4. The van der Waals surface area contributed by atoms with Crippen molar-refractivity contribution in [2.24, 2.45) is 5.92 Å². The predicted molar refractivity (Wildman–Crippen MR) is 132 cm³/mol. The van der Waals surface area contributed by atoms with Gasteiger partial charge in [0.05, 0.1) is 17.5 Å². The van der Waals surface area contributed by atoms with E-state index in [9.17, 15) is 14.4 Å². The lowest BCUT2D eigenvalue weighted by Gasteiger charge is -2.27. The highest BCUT2D eigenvalue weighted by Crippen LogP contribution is 2.43. The molecule has 0 spiro atoms. The molecule has 0 fully saturated rings. The Morgan fingerprint density at radius 3 is 2.41 bits per heavy atom. The first-order valence-electron chi connectivity index (χ1n) is 11.2. The number of rotatable bonds is 6. The molecule has 1 atom stereocenters. The molecule has 2 N–H and O–H groups in total. The molecule has 8 heteroatoms. The smallest absolute Gasteiger partial charge is 0.287 e. The molecule has 0 saturated carbocycles. The molecule has 176 valence electrons. The summed E-state index contributed by atoms with van der Waals surface area (Å²) in [5.74, 6) is -0.814. The highest BCUT2D eigenvalue weighted by atomic mass is 32.2. The normalized spacial score (nSPS) is 13.8. The summed E-state index contributed by atoms with van der Waals surface area (Å²) in [5, 5.41) is 5.67. The highest BCUT2D eigenvalue weighted by Gasteiger charge is 2.30. The highest BCUT2D eigenvalue weighted by molar-refractivity contribution is 7.99. The minimum Gasteiger partial charge on any atom is -0.459 e. The van der Waals surface area contributed by atoms with E-state index in [0.717, 1.165) is 15.5 Å². The van der Waals surface area contributed by atoms with Crippen LogP contribution in [0.5, 0.6) is 0 Å². The molecule has 2 aromatic carbocycles. The molecular weight excluding hydrogens is 450 g/mol. The molecule has 3 aromatic rings. The second kappa shape index (κ2) is 9.77. The molecule has 0 unspecified atom stereocenters. The van der Waals surface area contributed by atoms with E-state index in [2.05, 4.69) is 10.6 Å². The Hall–Kier alpha value is -3.52. The summed E-state index contributed by atoms with van der Waals surface area (Å²) in [5.41, 5.74) is 2.04. The zero-order valence-corrected chi connectivity index (χ0v) is 20.3. The van der Waals surface area contributed by atoms with Crippen LogP contribution in [0.3, 0.4) is 0 Å². The number of hydrogen-bond donors (Lipinski definition) is 2. The van der Waals surface area contributed by atoms with Crippen molar-refractivity contribution >= 4 is 40.9 Å². The van der Waals surface area contributed by atoms with Gasteiger partial charge in [0.1, 0.15) is 6.04 Å². The summed E-state index contributed by atoms with van der Waals surface area (Å²) in [6.45, 7) is 7.68. The lowest BCUT2D eigenvalue weighted by atomic mass is 10.0. The standard InChI is InChI=1S/C26H27N3O4S/c1-15(2)23(28-24(30)20-9-7-13-33-20)25(31)27-17-11-12-19-22(14-17)34-21-10-6-5-8-18(21)26(32)29(19)16(3)4/h5-16,23H,1-4H3,(H,27,31)(H,28,30)/t23-/m1/s1. The molecule has 1 aliphatic heterocycles. The van der Waals surface area contributed by atoms with E-state index in [0.29, 0.717) is 11.3 Å². The van der Waals surface area contributed by atoms with Crippen LogP contribution in [-0.2, 0) is 4.79 Å². The summed E-state index contributed by atoms with van der Waals surface area (Å²) in [6.07, 6.45) is 1.41. The van der Waals surface area contributed by atoms with Gasteiger partial charge in [-0.05, 0) is 62.2 Å². The topological polar surface area (TPSA) is 91.6 Å². The Bertz CT molecular complexity index is 1220. The predicted octanol–water partition coefficient (Wildman–Crippen LogP) is 5.19. The van der Waals surface area contributed by atoms with Crippen LogP contribution >= 0.6 is 11.8 Å². The maximum absolute atomic E-state index is 13.3. The van der Waals surface area contributed by atoms with Crippen LogP contribution in [0, 0.1) is 5.92 Å². The summed E-state index contributed by atoms with van der Waals surface area (Å²) in [4.78, 5) is 42.3. The summed E-state index contributed by atoms with van der Waals surface area (Å²) >= 11 is 1.50. The second-order valence-electron chi connectivity index (χ2n) is 8.71. The van der Waals surface area contributed by atoms with Gasteiger partial charge in [0, 0.05) is 21.5 Å². The maximum Gasteiger partial charge on any atom is 0.287 e. The quantitative estimate of drug-likeness (QED) is 0.510. The van der Waals surface area contributed by atoms with Gasteiger partial charge in [0.2, 0.25) is 5.91 Å². The monoisotopic (exact) mass is 477 g/mol. The first kappa shape index (κ1) is 23.6. The fraction of sp³-hybridized carbons (Fsp3) is 0.269. The average molecular weight is 478 g/mol. The Balaban J connectivity index is 1.61. The van der Waals surface area contributed by atoms with E-state index < -0.39 is 11.9 Å².